The Hall–Kier alpha value is -1.88. The van der Waals surface area contributed by atoms with E-state index in [0.29, 0.717) is 11.4 Å². The maximum atomic E-state index is 12.3. The maximum Gasteiger partial charge on any atom is 0.261 e. The molecule has 0 atom stereocenters. The van der Waals surface area contributed by atoms with Crippen LogP contribution in [0.25, 0.3) is 0 Å². The lowest BCUT2D eigenvalue weighted by atomic mass is 10.1. The van der Waals surface area contributed by atoms with Gasteiger partial charge in [0.2, 0.25) is 5.88 Å². The number of halogens is 1. The summed E-state index contributed by atoms with van der Waals surface area (Å²) < 4.78 is 6.09. The zero-order chi connectivity index (χ0) is 14.7. The molecule has 0 saturated heterocycles. The SMILES string of the molecule is COc1ncccc1C(=O)Nc1c(C)cc(Br)cc1C. The van der Waals surface area contributed by atoms with Crippen molar-refractivity contribution in [2.75, 3.05) is 12.4 Å². The number of anilines is 1. The Morgan fingerprint density at radius 1 is 1.30 bits per heavy atom. The lowest BCUT2D eigenvalue weighted by Crippen LogP contribution is -2.15. The summed E-state index contributed by atoms with van der Waals surface area (Å²) in [6.45, 7) is 3.90. The Morgan fingerprint density at radius 2 is 1.95 bits per heavy atom. The van der Waals surface area contributed by atoms with Crippen molar-refractivity contribution in [3.8, 4) is 5.88 Å². The normalized spacial score (nSPS) is 10.2. The number of hydrogen-bond donors (Lipinski definition) is 1. The van der Waals surface area contributed by atoms with Crippen LogP contribution in [0.1, 0.15) is 21.5 Å². The second-order valence-electron chi connectivity index (χ2n) is 4.43. The monoisotopic (exact) mass is 334 g/mol. The second-order valence-corrected chi connectivity index (χ2v) is 5.34. The first-order chi connectivity index (χ1) is 9.52. The van der Waals surface area contributed by atoms with E-state index in [4.69, 9.17) is 4.74 Å². The minimum absolute atomic E-state index is 0.233. The first kappa shape index (κ1) is 14.5. The van der Waals surface area contributed by atoms with Crippen LogP contribution >= 0.6 is 15.9 Å². The van der Waals surface area contributed by atoms with Crippen molar-refractivity contribution in [2.24, 2.45) is 0 Å². The summed E-state index contributed by atoms with van der Waals surface area (Å²) >= 11 is 3.44. The smallest absolute Gasteiger partial charge is 0.261 e. The first-order valence-corrected chi connectivity index (χ1v) is 6.89. The van der Waals surface area contributed by atoms with E-state index in [0.717, 1.165) is 21.3 Å². The third-order valence-corrected chi connectivity index (χ3v) is 3.40. The number of carbonyl (C=O) groups is 1. The van der Waals surface area contributed by atoms with Gasteiger partial charge in [0, 0.05) is 16.4 Å². The number of hydrogen-bond acceptors (Lipinski definition) is 3. The molecule has 0 unspecified atom stereocenters. The largest absolute Gasteiger partial charge is 0.480 e. The number of benzene rings is 1. The number of nitrogens with one attached hydrogen (secondary N) is 1. The number of amides is 1. The Bertz CT molecular complexity index is 633. The second kappa shape index (κ2) is 6.05. The number of rotatable bonds is 3. The molecule has 104 valence electrons. The van der Waals surface area contributed by atoms with E-state index in [1.54, 1.807) is 18.3 Å². The molecule has 0 aliphatic carbocycles. The molecule has 5 heteroatoms. The van der Waals surface area contributed by atoms with E-state index < -0.39 is 0 Å². The van der Waals surface area contributed by atoms with Gasteiger partial charge in [0.25, 0.3) is 5.91 Å². The summed E-state index contributed by atoms with van der Waals surface area (Å²) in [6, 6.07) is 7.32. The van der Waals surface area contributed by atoms with E-state index in [9.17, 15) is 4.79 Å². The molecule has 0 fully saturated rings. The predicted molar refractivity (Wildman–Crippen MR) is 82.4 cm³/mol. The molecular formula is C15H15BrN2O2. The van der Waals surface area contributed by atoms with Gasteiger partial charge in [-0.25, -0.2) is 4.98 Å². The number of carbonyl (C=O) groups excluding carboxylic acids is 1. The standard InChI is InChI=1S/C15H15BrN2O2/c1-9-7-11(16)8-10(2)13(9)18-14(19)12-5-4-6-17-15(12)20-3/h4-8H,1-3H3,(H,18,19). The summed E-state index contributed by atoms with van der Waals surface area (Å²) in [5.41, 5.74) is 3.21. The molecule has 1 aromatic carbocycles. The minimum Gasteiger partial charge on any atom is -0.480 e. The first-order valence-electron chi connectivity index (χ1n) is 6.10. The molecule has 0 spiro atoms. The third-order valence-electron chi connectivity index (χ3n) is 2.95. The fourth-order valence-corrected chi connectivity index (χ4v) is 2.70. The van der Waals surface area contributed by atoms with Gasteiger partial charge >= 0.3 is 0 Å². The Kier molecular flexibility index (Phi) is 4.39. The molecule has 0 saturated carbocycles. The number of methoxy groups -OCH3 is 1. The van der Waals surface area contributed by atoms with Crippen LogP contribution in [-0.2, 0) is 0 Å². The highest BCUT2D eigenvalue weighted by Crippen LogP contribution is 2.26. The molecule has 0 bridgehead atoms. The fraction of sp³-hybridized carbons (Fsp3) is 0.200. The zero-order valence-corrected chi connectivity index (χ0v) is 13.1. The van der Waals surface area contributed by atoms with Crippen LogP contribution in [0.2, 0.25) is 0 Å². The summed E-state index contributed by atoms with van der Waals surface area (Å²) in [5.74, 6) is 0.0842. The van der Waals surface area contributed by atoms with Gasteiger partial charge in [-0.15, -0.1) is 0 Å². The fourth-order valence-electron chi connectivity index (χ4n) is 2.01. The summed E-state index contributed by atoms with van der Waals surface area (Å²) in [7, 11) is 1.50. The van der Waals surface area contributed by atoms with Gasteiger partial charge in [0.1, 0.15) is 5.56 Å². The number of pyridine rings is 1. The van der Waals surface area contributed by atoms with Crippen LogP contribution < -0.4 is 10.1 Å². The van der Waals surface area contributed by atoms with Crippen LogP contribution in [0, 0.1) is 13.8 Å². The molecule has 1 aromatic heterocycles. The van der Waals surface area contributed by atoms with E-state index >= 15 is 0 Å². The molecule has 2 rings (SSSR count). The van der Waals surface area contributed by atoms with Gasteiger partial charge in [0.15, 0.2) is 0 Å². The highest BCUT2D eigenvalue weighted by molar-refractivity contribution is 9.10. The van der Waals surface area contributed by atoms with Gasteiger partial charge < -0.3 is 10.1 Å². The molecule has 1 amide bonds. The molecule has 0 aliphatic heterocycles. The number of nitrogens with zero attached hydrogens (tertiary/aromatic N) is 1. The van der Waals surface area contributed by atoms with Crippen molar-refractivity contribution >= 4 is 27.5 Å². The molecule has 1 heterocycles. The van der Waals surface area contributed by atoms with Gasteiger partial charge in [-0.05, 0) is 49.2 Å². The van der Waals surface area contributed by atoms with Gasteiger partial charge in [-0.2, -0.15) is 0 Å². The summed E-state index contributed by atoms with van der Waals surface area (Å²) in [5, 5.41) is 2.92. The van der Waals surface area contributed by atoms with Crippen LogP contribution in [0.15, 0.2) is 34.9 Å². The lowest BCUT2D eigenvalue weighted by Gasteiger charge is -2.13. The van der Waals surface area contributed by atoms with Crippen LogP contribution in [0.3, 0.4) is 0 Å². The number of aryl methyl sites for hydroxylation is 2. The molecule has 0 aliphatic rings. The Morgan fingerprint density at radius 3 is 2.55 bits per heavy atom. The topological polar surface area (TPSA) is 51.2 Å². The number of aromatic nitrogens is 1. The van der Waals surface area contributed by atoms with Crippen molar-refractivity contribution in [1.29, 1.82) is 0 Å². The average Bonchev–Trinajstić information content (AvgIpc) is 2.42. The number of ether oxygens (including phenoxy) is 1. The molecule has 2 aromatic rings. The molecule has 0 radical (unpaired) electrons. The molecular weight excluding hydrogens is 320 g/mol. The van der Waals surface area contributed by atoms with E-state index in [1.807, 2.05) is 26.0 Å². The van der Waals surface area contributed by atoms with Crippen molar-refractivity contribution in [2.45, 2.75) is 13.8 Å². The van der Waals surface area contributed by atoms with Crippen molar-refractivity contribution in [3.05, 3.63) is 51.6 Å². The van der Waals surface area contributed by atoms with Crippen LogP contribution in [0.5, 0.6) is 5.88 Å². The van der Waals surface area contributed by atoms with Crippen molar-refractivity contribution < 1.29 is 9.53 Å². The molecule has 4 nitrogen and oxygen atoms in total. The van der Waals surface area contributed by atoms with Crippen LogP contribution in [-0.4, -0.2) is 18.0 Å². The molecule has 1 N–H and O–H groups in total. The van der Waals surface area contributed by atoms with Gasteiger partial charge in [-0.3, -0.25) is 4.79 Å². The summed E-state index contributed by atoms with van der Waals surface area (Å²) in [6.07, 6.45) is 1.59. The summed E-state index contributed by atoms with van der Waals surface area (Å²) in [4.78, 5) is 16.4. The third kappa shape index (κ3) is 2.99. The lowest BCUT2D eigenvalue weighted by molar-refractivity contribution is 0.102. The van der Waals surface area contributed by atoms with Crippen molar-refractivity contribution in [1.82, 2.24) is 4.98 Å². The highest BCUT2D eigenvalue weighted by atomic mass is 79.9. The van der Waals surface area contributed by atoms with E-state index in [1.165, 1.54) is 7.11 Å². The van der Waals surface area contributed by atoms with Gasteiger partial charge in [-0.1, -0.05) is 15.9 Å². The van der Waals surface area contributed by atoms with Gasteiger partial charge in [0.05, 0.1) is 7.11 Å². The predicted octanol–water partition coefficient (Wildman–Crippen LogP) is 3.72. The highest BCUT2D eigenvalue weighted by Gasteiger charge is 2.15. The Balaban J connectivity index is 2.33. The average molecular weight is 335 g/mol. The van der Waals surface area contributed by atoms with E-state index in [2.05, 4.69) is 26.2 Å². The molecule has 20 heavy (non-hydrogen) atoms. The van der Waals surface area contributed by atoms with E-state index in [-0.39, 0.29) is 5.91 Å². The minimum atomic E-state index is -0.233. The maximum absolute atomic E-state index is 12.3. The Labute approximate surface area is 126 Å². The van der Waals surface area contributed by atoms with Crippen LogP contribution in [0.4, 0.5) is 5.69 Å². The van der Waals surface area contributed by atoms with Crippen molar-refractivity contribution in [3.63, 3.8) is 0 Å². The quantitative estimate of drug-likeness (QED) is 0.930. The zero-order valence-electron chi connectivity index (χ0n) is 11.5.